The third kappa shape index (κ3) is 4.31. The molecule has 0 radical (unpaired) electrons. The van der Waals surface area contributed by atoms with Gasteiger partial charge in [0, 0.05) is 0 Å². The fraction of sp³-hybridized carbons (Fsp3) is 0.750. The molecule has 0 aromatic rings. The molecule has 0 amide bonds. The van der Waals surface area contributed by atoms with Crippen molar-refractivity contribution in [2.24, 2.45) is 0 Å². The second-order valence-corrected chi connectivity index (χ2v) is 3.45. The lowest BCUT2D eigenvalue weighted by atomic mass is 10.1. The van der Waals surface area contributed by atoms with Crippen molar-refractivity contribution in [2.45, 2.75) is 38.9 Å². The van der Waals surface area contributed by atoms with Gasteiger partial charge in [-0.1, -0.05) is 11.8 Å². The summed E-state index contributed by atoms with van der Waals surface area (Å²) < 4.78 is 0. The van der Waals surface area contributed by atoms with Crippen LogP contribution in [0.5, 0.6) is 0 Å². The van der Waals surface area contributed by atoms with Gasteiger partial charge in [0.15, 0.2) is 11.2 Å². The molecule has 0 unspecified atom stereocenters. The van der Waals surface area contributed by atoms with Gasteiger partial charge in [-0.2, -0.15) is 0 Å². The molecule has 12 heavy (non-hydrogen) atoms. The van der Waals surface area contributed by atoms with E-state index in [0.29, 0.717) is 0 Å². The molecule has 0 saturated carbocycles. The zero-order valence-corrected chi connectivity index (χ0v) is 7.71. The molecule has 70 valence electrons. The molecule has 4 heteroatoms. The second-order valence-electron chi connectivity index (χ2n) is 3.45. The van der Waals surface area contributed by atoms with Crippen LogP contribution in [0, 0.1) is 11.8 Å². The van der Waals surface area contributed by atoms with Crippen molar-refractivity contribution in [3.8, 4) is 11.8 Å². The van der Waals surface area contributed by atoms with Crippen molar-refractivity contribution in [3.63, 3.8) is 0 Å². The fourth-order valence-corrected chi connectivity index (χ4v) is 0.347. The molecule has 0 spiro atoms. The maximum atomic E-state index is 8.36. The van der Waals surface area contributed by atoms with E-state index in [1.54, 1.807) is 27.7 Å². The van der Waals surface area contributed by atoms with Gasteiger partial charge in [0.25, 0.3) is 0 Å². The van der Waals surface area contributed by atoms with E-state index in [0.717, 1.165) is 0 Å². The maximum absolute atomic E-state index is 8.36. The molecule has 0 atom stereocenters. The molecular weight excluding hydrogens is 160 g/mol. The molecule has 0 aliphatic carbocycles. The molecule has 0 heterocycles. The summed E-state index contributed by atoms with van der Waals surface area (Å²) in [7, 11) is 0. The summed E-state index contributed by atoms with van der Waals surface area (Å²) in [5, 5.41) is 16.7. The Morgan fingerprint density at radius 2 is 1.08 bits per heavy atom. The van der Waals surface area contributed by atoms with Gasteiger partial charge < -0.3 is 0 Å². The van der Waals surface area contributed by atoms with E-state index >= 15 is 0 Å². The Kier molecular flexibility index (Phi) is 3.68. The van der Waals surface area contributed by atoms with E-state index in [1.165, 1.54) is 0 Å². The third-order valence-corrected chi connectivity index (χ3v) is 1.12. The smallest absolute Gasteiger partial charge is 0.158 e. The van der Waals surface area contributed by atoms with E-state index in [2.05, 4.69) is 21.6 Å². The summed E-state index contributed by atoms with van der Waals surface area (Å²) in [5.74, 6) is 5.19. The van der Waals surface area contributed by atoms with Crippen LogP contribution in [-0.4, -0.2) is 21.7 Å². The first-order chi connectivity index (χ1) is 5.33. The average Bonchev–Trinajstić information content (AvgIpc) is 2.02. The van der Waals surface area contributed by atoms with E-state index in [1.807, 2.05) is 0 Å². The number of hydrogen-bond donors (Lipinski definition) is 2. The molecule has 0 aromatic carbocycles. The Morgan fingerprint density at radius 3 is 1.25 bits per heavy atom. The molecule has 0 fully saturated rings. The van der Waals surface area contributed by atoms with E-state index in [-0.39, 0.29) is 0 Å². The topological polar surface area (TPSA) is 58.9 Å². The predicted molar refractivity (Wildman–Crippen MR) is 43.4 cm³/mol. The normalized spacial score (nSPS) is 12.2. The Bertz CT molecular complexity index is 177. The van der Waals surface area contributed by atoms with Crippen molar-refractivity contribution >= 4 is 0 Å². The van der Waals surface area contributed by atoms with Gasteiger partial charge in [0.1, 0.15) is 0 Å². The van der Waals surface area contributed by atoms with E-state index in [4.69, 9.17) is 10.5 Å². The van der Waals surface area contributed by atoms with Crippen LogP contribution < -0.4 is 0 Å². The lowest BCUT2D eigenvalue weighted by Gasteiger charge is -2.15. The first-order valence-corrected chi connectivity index (χ1v) is 3.52. The van der Waals surface area contributed by atoms with Crippen LogP contribution in [0.3, 0.4) is 0 Å². The first kappa shape index (κ1) is 11.4. The predicted octanol–water partition coefficient (Wildman–Crippen LogP) is 1.53. The van der Waals surface area contributed by atoms with E-state index < -0.39 is 11.2 Å². The SMILES string of the molecule is CC(C)(C#CC(C)(C)OO)OO. The maximum Gasteiger partial charge on any atom is 0.158 e. The summed E-state index contributed by atoms with van der Waals surface area (Å²) in [6.45, 7) is 6.36. The highest BCUT2D eigenvalue weighted by molar-refractivity contribution is 5.17. The summed E-state index contributed by atoms with van der Waals surface area (Å²) in [6, 6.07) is 0. The van der Waals surface area contributed by atoms with Crippen LogP contribution >= 0.6 is 0 Å². The van der Waals surface area contributed by atoms with Crippen molar-refractivity contribution < 1.29 is 20.3 Å². The Hall–Kier alpha value is -0.600. The molecular formula is C8H14O4. The van der Waals surface area contributed by atoms with Gasteiger partial charge in [-0.3, -0.25) is 10.5 Å². The summed E-state index contributed by atoms with van der Waals surface area (Å²) in [5.41, 5.74) is -1.90. The minimum absolute atomic E-state index is 0.949. The molecule has 0 rings (SSSR count). The summed E-state index contributed by atoms with van der Waals surface area (Å²) in [4.78, 5) is 8.13. The molecule has 0 aromatic heterocycles. The van der Waals surface area contributed by atoms with Crippen molar-refractivity contribution in [2.75, 3.05) is 0 Å². The minimum atomic E-state index is -0.949. The summed E-state index contributed by atoms with van der Waals surface area (Å²) in [6.07, 6.45) is 0. The highest BCUT2D eigenvalue weighted by Gasteiger charge is 2.18. The lowest BCUT2D eigenvalue weighted by molar-refractivity contribution is -0.297. The van der Waals surface area contributed by atoms with Crippen LogP contribution in [0.2, 0.25) is 0 Å². The molecule has 2 N–H and O–H groups in total. The number of rotatable bonds is 2. The molecule has 0 saturated heterocycles. The second kappa shape index (κ2) is 3.87. The minimum Gasteiger partial charge on any atom is -0.250 e. The Labute approximate surface area is 72.0 Å². The zero-order chi connectivity index (χ0) is 9.83. The van der Waals surface area contributed by atoms with Gasteiger partial charge in [-0.25, -0.2) is 9.78 Å². The van der Waals surface area contributed by atoms with Crippen LogP contribution in [0.25, 0.3) is 0 Å². The molecule has 0 bridgehead atoms. The van der Waals surface area contributed by atoms with Gasteiger partial charge >= 0.3 is 0 Å². The van der Waals surface area contributed by atoms with Crippen LogP contribution in [0.4, 0.5) is 0 Å². The Balaban J connectivity index is 4.39. The Morgan fingerprint density at radius 1 is 0.833 bits per heavy atom. The van der Waals surface area contributed by atoms with Crippen molar-refractivity contribution in [1.82, 2.24) is 0 Å². The highest BCUT2D eigenvalue weighted by atomic mass is 17.1. The quantitative estimate of drug-likeness (QED) is 0.378. The molecule has 0 aliphatic heterocycles. The lowest BCUT2D eigenvalue weighted by Crippen LogP contribution is -2.24. The summed E-state index contributed by atoms with van der Waals surface area (Å²) >= 11 is 0. The number of hydrogen-bond acceptors (Lipinski definition) is 4. The van der Waals surface area contributed by atoms with Gasteiger partial charge in [0.05, 0.1) is 0 Å². The standard InChI is InChI=1S/C8H14O4/c1-7(2,11-9)5-6-8(3,4)12-10/h9-10H,1-4H3. The first-order valence-electron chi connectivity index (χ1n) is 3.52. The van der Waals surface area contributed by atoms with Crippen molar-refractivity contribution in [3.05, 3.63) is 0 Å². The van der Waals surface area contributed by atoms with E-state index in [9.17, 15) is 0 Å². The van der Waals surface area contributed by atoms with Crippen LogP contribution in [0.1, 0.15) is 27.7 Å². The fourth-order valence-electron chi connectivity index (χ4n) is 0.347. The molecule has 0 aliphatic rings. The van der Waals surface area contributed by atoms with Crippen LogP contribution in [-0.2, 0) is 9.78 Å². The monoisotopic (exact) mass is 174 g/mol. The van der Waals surface area contributed by atoms with Crippen molar-refractivity contribution in [1.29, 1.82) is 0 Å². The molecule has 4 nitrogen and oxygen atoms in total. The largest absolute Gasteiger partial charge is 0.250 e. The zero-order valence-electron chi connectivity index (χ0n) is 7.71. The third-order valence-electron chi connectivity index (χ3n) is 1.12. The highest BCUT2D eigenvalue weighted by Crippen LogP contribution is 2.08. The van der Waals surface area contributed by atoms with Gasteiger partial charge in [-0.15, -0.1) is 0 Å². The average molecular weight is 174 g/mol. The van der Waals surface area contributed by atoms with Gasteiger partial charge in [-0.05, 0) is 27.7 Å². The van der Waals surface area contributed by atoms with Crippen LogP contribution in [0.15, 0.2) is 0 Å². The van der Waals surface area contributed by atoms with Gasteiger partial charge in [0.2, 0.25) is 0 Å².